The van der Waals surface area contributed by atoms with Gasteiger partial charge < -0.3 is 10.2 Å². The minimum Gasteiger partial charge on any atom is -0.380 e. The number of hydrogen-bond acceptors (Lipinski definition) is 2. The second kappa shape index (κ2) is 5.90. The average molecular weight is 286 g/mol. The van der Waals surface area contributed by atoms with Crippen LogP contribution in [0.4, 0.5) is 11.4 Å². The highest BCUT2D eigenvalue weighted by atomic mass is 15.2. The summed E-state index contributed by atoms with van der Waals surface area (Å²) in [5.41, 5.74) is 3.27. The molecule has 1 aromatic carbocycles. The fraction of sp³-hybridized carbons (Fsp3) is 0.684. The number of hydrogen-bond donors (Lipinski definition) is 1. The Hall–Kier alpha value is -1.18. The highest BCUT2D eigenvalue weighted by molar-refractivity contribution is 5.70. The van der Waals surface area contributed by atoms with E-state index in [4.69, 9.17) is 0 Å². The second-order valence-corrected chi connectivity index (χ2v) is 7.85. The molecule has 1 saturated heterocycles. The number of nitrogens with zero attached hydrogens (tertiary/aromatic N) is 1. The molecule has 0 aromatic heterocycles. The Morgan fingerprint density at radius 2 is 1.86 bits per heavy atom. The van der Waals surface area contributed by atoms with Crippen molar-refractivity contribution in [3.63, 3.8) is 0 Å². The molecule has 116 valence electrons. The summed E-state index contributed by atoms with van der Waals surface area (Å²) >= 11 is 0. The van der Waals surface area contributed by atoms with Crippen molar-refractivity contribution in [1.29, 1.82) is 0 Å². The molecular formula is C19H30N2. The van der Waals surface area contributed by atoms with Gasteiger partial charge in [-0.2, -0.15) is 0 Å². The minimum atomic E-state index is 0.520. The predicted molar refractivity (Wildman–Crippen MR) is 92.1 cm³/mol. The van der Waals surface area contributed by atoms with Gasteiger partial charge in [0.25, 0.3) is 0 Å². The Kier molecular flexibility index (Phi) is 4.14. The fourth-order valence-corrected chi connectivity index (χ4v) is 4.19. The molecule has 1 aliphatic heterocycles. The molecule has 2 atom stereocenters. The van der Waals surface area contributed by atoms with Crippen LogP contribution in [0.15, 0.2) is 24.3 Å². The lowest BCUT2D eigenvalue weighted by molar-refractivity contribution is 0.177. The van der Waals surface area contributed by atoms with E-state index in [0.29, 0.717) is 11.5 Å². The lowest BCUT2D eigenvalue weighted by Crippen LogP contribution is -2.37. The second-order valence-electron chi connectivity index (χ2n) is 7.85. The SMILES string of the molecule is CC1CC(C)(C)CCC1Nc1ccccc1N1CCCC1. The maximum absolute atomic E-state index is 3.87. The van der Waals surface area contributed by atoms with Crippen LogP contribution in [0.2, 0.25) is 0 Å². The molecule has 2 unspecified atom stereocenters. The standard InChI is InChI=1S/C19H30N2/c1-15-14-19(2,3)11-10-16(15)20-17-8-4-5-9-18(17)21-12-6-7-13-21/h4-5,8-9,15-16,20H,6-7,10-14H2,1-3H3. The third kappa shape index (κ3) is 3.36. The van der Waals surface area contributed by atoms with E-state index in [1.54, 1.807) is 0 Å². The largest absolute Gasteiger partial charge is 0.380 e. The molecule has 0 bridgehead atoms. The minimum absolute atomic E-state index is 0.520. The Bertz CT molecular complexity index is 474. The summed E-state index contributed by atoms with van der Waals surface area (Å²) in [6, 6.07) is 9.51. The summed E-state index contributed by atoms with van der Waals surface area (Å²) in [6.07, 6.45) is 6.63. The van der Waals surface area contributed by atoms with Crippen LogP contribution in [0.1, 0.15) is 52.9 Å². The van der Waals surface area contributed by atoms with E-state index in [9.17, 15) is 0 Å². The number of rotatable bonds is 3. The van der Waals surface area contributed by atoms with Crippen molar-refractivity contribution in [2.24, 2.45) is 11.3 Å². The van der Waals surface area contributed by atoms with Crippen LogP contribution in [0.25, 0.3) is 0 Å². The third-order valence-corrected chi connectivity index (χ3v) is 5.39. The zero-order chi connectivity index (χ0) is 14.9. The van der Waals surface area contributed by atoms with E-state index in [2.05, 4.69) is 55.3 Å². The Morgan fingerprint density at radius 1 is 1.14 bits per heavy atom. The van der Waals surface area contributed by atoms with Gasteiger partial charge in [0.05, 0.1) is 11.4 Å². The van der Waals surface area contributed by atoms with Gasteiger partial charge in [0.2, 0.25) is 0 Å². The summed E-state index contributed by atoms with van der Waals surface area (Å²) in [6.45, 7) is 9.67. The lowest BCUT2D eigenvalue weighted by atomic mass is 9.70. The number of para-hydroxylation sites is 2. The highest BCUT2D eigenvalue weighted by Crippen LogP contribution is 2.40. The molecule has 0 spiro atoms. The van der Waals surface area contributed by atoms with Crippen LogP contribution in [-0.4, -0.2) is 19.1 Å². The van der Waals surface area contributed by atoms with Crippen molar-refractivity contribution < 1.29 is 0 Å². The van der Waals surface area contributed by atoms with Crippen LogP contribution < -0.4 is 10.2 Å². The van der Waals surface area contributed by atoms with E-state index in [-0.39, 0.29) is 0 Å². The number of nitrogens with one attached hydrogen (secondary N) is 1. The van der Waals surface area contributed by atoms with Crippen molar-refractivity contribution in [1.82, 2.24) is 0 Å². The van der Waals surface area contributed by atoms with Gasteiger partial charge in [-0.05, 0) is 55.6 Å². The first kappa shape index (κ1) is 14.7. The van der Waals surface area contributed by atoms with Crippen molar-refractivity contribution in [3.8, 4) is 0 Å². The van der Waals surface area contributed by atoms with Gasteiger partial charge in [-0.15, -0.1) is 0 Å². The van der Waals surface area contributed by atoms with Gasteiger partial charge in [0, 0.05) is 19.1 Å². The summed E-state index contributed by atoms with van der Waals surface area (Å²) in [4.78, 5) is 2.54. The molecule has 2 heteroatoms. The van der Waals surface area contributed by atoms with E-state index in [1.807, 2.05) is 0 Å². The fourth-order valence-electron chi connectivity index (χ4n) is 4.19. The molecule has 1 N–H and O–H groups in total. The zero-order valence-electron chi connectivity index (χ0n) is 13.9. The Balaban J connectivity index is 1.73. The number of anilines is 2. The number of benzene rings is 1. The quantitative estimate of drug-likeness (QED) is 0.849. The van der Waals surface area contributed by atoms with Crippen molar-refractivity contribution in [3.05, 3.63) is 24.3 Å². The molecule has 0 radical (unpaired) electrons. The molecule has 2 fully saturated rings. The topological polar surface area (TPSA) is 15.3 Å². The van der Waals surface area contributed by atoms with Gasteiger partial charge in [-0.1, -0.05) is 32.9 Å². The monoisotopic (exact) mass is 286 g/mol. The highest BCUT2D eigenvalue weighted by Gasteiger charge is 2.32. The van der Waals surface area contributed by atoms with Crippen molar-refractivity contribution in [2.75, 3.05) is 23.3 Å². The first-order chi connectivity index (χ1) is 10.1. The predicted octanol–water partition coefficient (Wildman–Crippen LogP) is 4.91. The molecular weight excluding hydrogens is 256 g/mol. The van der Waals surface area contributed by atoms with Gasteiger partial charge in [-0.3, -0.25) is 0 Å². The molecule has 3 rings (SSSR count). The van der Waals surface area contributed by atoms with Crippen molar-refractivity contribution >= 4 is 11.4 Å². The van der Waals surface area contributed by atoms with Gasteiger partial charge in [0.15, 0.2) is 0 Å². The summed E-state index contributed by atoms with van der Waals surface area (Å²) in [5, 5.41) is 3.87. The molecule has 2 nitrogen and oxygen atoms in total. The maximum atomic E-state index is 3.87. The molecule has 1 heterocycles. The smallest absolute Gasteiger partial charge is 0.0602 e. The van der Waals surface area contributed by atoms with Crippen LogP contribution in [0.5, 0.6) is 0 Å². The molecule has 1 saturated carbocycles. The third-order valence-electron chi connectivity index (χ3n) is 5.39. The van der Waals surface area contributed by atoms with Gasteiger partial charge in [-0.25, -0.2) is 0 Å². The molecule has 2 aliphatic rings. The molecule has 1 aliphatic carbocycles. The summed E-state index contributed by atoms with van der Waals surface area (Å²) < 4.78 is 0. The molecule has 0 amide bonds. The van der Waals surface area contributed by atoms with Crippen LogP contribution in [0, 0.1) is 11.3 Å². The Labute approximate surface area is 129 Å². The van der Waals surface area contributed by atoms with Crippen LogP contribution in [-0.2, 0) is 0 Å². The van der Waals surface area contributed by atoms with Crippen LogP contribution in [0.3, 0.4) is 0 Å². The van der Waals surface area contributed by atoms with E-state index in [0.717, 1.165) is 5.92 Å². The summed E-state index contributed by atoms with van der Waals surface area (Å²) in [7, 11) is 0. The van der Waals surface area contributed by atoms with Gasteiger partial charge >= 0.3 is 0 Å². The normalized spacial score (nSPS) is 28.6. The van der Waals surface area contributed by atoms with Gasteiger partial charge in [0.1, 0.15) is 0 Å². The van der Waals surface area contributed by atoms with E-state index in [1.165, 1.54) is 56.6 Å². The summed E-state index contributed by atoms with van der Waals surface area (Å²) in [5.74, 6) is 0.750. The zero-order valence-corrected chi connectivity index (χ0v) is 13.9. The van der Waals surface area contributed by atoms with Crippen molar-refractivity contribution in [2.45, 2.75) is 58.9 Å². The first-order valence-electron chi connectivity index (χ1n) is 8.66. The van der Waals surface area contributed by atoms with E-state index >= 15 is 0 Å². The lowest BCUT2D eigenvalue weighted by Gasteiger charge is -2.40. The maximum Gasteiger partial charge on any atom is 0.0602 e. The molecule has 1 aromatic rings. The molecule has 21 heavy (non-hydrogen) atoms. The van der Waals surface area contributed by atoms with E-state index < -0.39 is 0 Å². The Morgan fingerprint density at radius 3 is 2.57 bits per heavy atom. The first-order valence-corrected chi connectivity index (χ1v) is 8.66. The average Bonchev–Trinajstić information content (AvgIpc) is 2.96. The van der Waals surface area contributed by atoms with Crippen LogP contribution >= 0.6 is 0 Å².